The number of halogens is 1. The highest BCUT2D eigenvalue weighted by atomic mass is 32.1. The van der Waals surface area contributed by atoms with E-state index in [1.165, 1.54) is 17.4 Å². The van der Waals surface area contributed by atoms with E-state index in [4.69, 9.17) is 0 Å². The van der Waals surface area contributed by atoms with E-state index in [9.17, 15) is 19.1 Å². The summed E-state index contributed by atoms with van der Waals surface area (Å²) in [5, 5.41) is 14.9. The smallest absolute Gasteiger partial charge is 0.317 e. The van der Waals surface area contributed by atoms with Crippen LogP contribution < -0.4 is 5.32 Å². The highest BCUT2D eigenvalue weighted by molar-refractivity contribution is 7.09. The lowest BCUT2D eigenvalue weighted by Gasteiger charge is -2.23. The molecule has 2 fully saturated rings. The van der Waals surface area contributed by atoms with Crippen LogP contribution >= 0.6 is 11.3 Å². The maximum Gasteiger partial charge on any atom is 0.317 e. The summed E-state index contributed by atoms with van der Waals surface area (Å²) in [7, 11) is 0. The lowest BCUT2D eigenvalue weighted by Crippen LogP contribution is -2.41. The number of carboxylic acid groups (broad SMARTS) is 1. The summed E-state index contributed by atoms with van der Waals surface area (Å²) in [6, 6.07) is 6.16. The van der Waals surface area contributed by atoms with Gasteiger partial charge in [-0.2, -0.15) is 0 Å². The van der Waals surface area contributed by atoms with Crippen molar-refractivity contribution < 1.29 is 19.1 Å². The van der Waals surface area contributed by atoms with E-state index in [1.807, 2.05) is 0 Å². The molecule has 4 rings (SSSR count). The Bertz CT molecular complexity index is 887. The summed E-state index contributed by atoms with van der Waals surface area (Å²) in [6.45, 7) is 0.979. The van der Waals surface area contributed by atoms with Crippen LogP contribution in [-0.4, -0.2) is 40.1 Å². The van der Waals surface area contributed by atoms with Crippen LogP contribution in [0.5, 0.6) is 0 Å². The van der Waals surface area contributed by atoms with Crippen molar-refractivity contribution >= 4 is 23.3 Å². The number of rotatable bonds is 4. The van der Waals surface area contributed by atoms with Gasteiger partial charge in [0, 0.05) is 24.0 Å². The molecule has 1 aromatic carbocycles. The maximum atomic E-state index is 13.9. The number of urea groups is 1. The first-order chi connectivity index (χ1) is 13.0. The van der Waals surface area contributed by atoms with Crippen LogP contribution in [0, 0.1) is 17.2 Å². The number of carbonyl (C=O) groups is 2. The largest absolute Gasteiger partial charge is 0.481 e. The van der Waals surface area contributed by atoms with Gasteiger partial charge in [0.25, 0.3) is 0 Å². The number of nitrogens with zero attached hydrogens (tertiary/aromatic N) is 2. The van der Waals surface area contributed by atoms with Crippen molar-refractivity contribution in [2.45, 2.75) is 25.8 Å². The molecule has 0 radical (unpaired) electrons. The molecule has 0 spiro atoms. The minimum absolute atomic E-state index is 0.0354. The third kappa shape index (κ3) is 3.18. The molecule has 2 aliphatic rings. The summed E-state index contributed by atoms with van der Waals surface area (Å²) in [5.41, 5.74) is 0.196. The van der Waals surface area contributed by atoms with Crippen LogP contribution in [0.4, 0.5) is 9.18 Å². The fraction of sp³-hybridized carbons (Fsp3) is 0.421. The van der Waals surface area contributed by atoms with Gasteiger partial charge in [-0.15, -0.1) is 11.3 Å². The number of fused-ring (bicyclic) bond motifs is 1. The van der Waals surface area contributed by atoms with Crippen molar-refractivity contribution in [3.8, 4) is 11.3 Å². The third-order valence-electron chi connectivity index (χ3n) is 5.68. The zero-order chi connectivity index (χ0) is 19.0. The van der Waals surface area contributed by atoms with Gasteiger partial charge in [-0.3, -0.25) is 4.79 Å². The van der Waals surface area contributed by atoms with Crippen molar-refractivity contribution in [2.24, 2.45) is 11.3 Å². The Hall–Kier alpha value is -2.48. The minimum atomic E-state index is -0.797. The molecule has 8 heteroatoms. The molecular weight excluding hydrogens is 369 g/mol. The van der Waals surface area contributed by atoms with Gasteiger partial charge in [-0.05, 0) is 30.9 Å². The number of nitrogens with one attached hydrogen (secondary N) is 1. The average Bonchev–Trinajstić information content (AvgIpc) is 3.34. The molecular formula is C19H20FN3O3S. The van der Waals surface area contributed by atoms with Gasteiger partial charge in [-0.1, -0.05) is 18.6 Å². The molecule has 1 aromatic heterocycles. The second-order valence-corrected chi connectivity index (χ2v) is 8.14. The first kappa shape index (κ1) is 17.9. The van der Waals surface area contributed by atoms with Gasteiger partial charge in [0.05, 0.1) is 17.7 Å². The summed E-state index contributed by atoms with van der Waals surface area (Å²) in [5.74, 6) is -1.09. The van der Waals surface area contributed by atoms with Crippen molar-refractivity contribution in [3.05, 3.63) is 40.5 Å². The average molecular weight is 389 g/mol. The topological polar surface area (TPSA) is 82.5 Å². The molecule has 1 saturated heterocycles. The van der Waals surface area contributed by atoms with Gasteiger partial charge in [0.1, 0.15) is 10.8 Å². The van der Waals surface area contributed by atoms with E-state index in [1.54, 1.807) is 28.5 Å². The van der Waals surface area contributed by atoms with Gasteiger partial charge < -0.3 is 15.3 Å². The fourth-order valence-corrected chi connectivity index (χ4v) is 4.98. The Labute approximate surface area is 160 Å². The summed E-state index contributed by atoms with van der Waals surface area (Å²) >= 11 is 1.35. The molecule has 0 bridgehead atoms. The number of benzene rings is 1. The van der Waals surface area contributed by atoms with Crippen LogP contribution in [0.2, 0.25) is 0 Å². The molecule has 2 amide bonds. The highest BCUT2D eigenvalue weighted by Gasteiger charge is 2.55. The molecule has 1 aliphatic heterocycles. The van der Waals surface area contributed by atoms with Crippen LogP contribution in [0.3, 0.4) is 0 Å². The second kappa shape index (κ2) is 6.92. The van der Waals surface area contributed by atoms with E-state index in [0.29, 0.717) is 29.2 Å². The minimum Gasteiger partial charge on any atom is -0.481 e. The van der Waals surface area contributed by atoms with Crippen LogP contribution in [-0.2, 0) is 11.3 Å². The van der Waals surface area contributed by atoms with Gasteiger partial charge in [-0.25, -0.2) is 14.2 Å². The molecule has 0 unspecified atom stereocenters. The second-order valence-electron chi connectivity index (χ2n) is 7.20. The Kier molecular flexibility index (Phi) is 4.59. The maximum absolute atomic E-state index is 13.9. The van der Waals surface area contributed by atoms with E-state index >= 15 is 0 Å². The summed E-state index contributed by atoms with van der Waals surface area (Å²) in [6.07, 6.45) is 2.40. The molecule has 2 atom stereocenters. The number of carbonyl (C=O) groups excluding carboxylic acids is 1. The number of amides is 2. The Morgan fingerprint density at radius 3 is 2.96 bits per heavy atom. The van der Waals surface area contributed by atoms with E-state index in [-0.39, 0.29) is 30.9 Å². The van der Waals surface area contributed by atoms with Crippen molar-refractivity contribution in [2.75, 3.05) is 13.1 Å². The number of carboxylic acids is 1. The molecule has 142 valence electrons. The predicted octanol–water partition coefficient (Wildman–Crippen LogP) is 3.35. The molecule has 1 saturated carbocycles. The lowest BCUT2D eigenvalue weighted by atomic mass is 9.81. The SMILES string of the molecule is O=C(NCc1nc(-c2ccccc2F)cs1)N1C[C@@H]2CCC[C@@]2(C(=O)O)C1. The number of aromatic nitrogens is 1. The van der Waals surface area contributed by atoms with Gasteiger partial charge in [0.15, 0.2) is 0 Å². The molecule has 6 nitrogen and oxygen atoms in total. The zero-order valence-electron chi connectivity index (χ0n) is 14.7. The fourth-order valence-electron chi connectivity index (χ4n) is 4.24. The molecule has 2 N–H and O–H groups in total. The number of aliphatic carboxylic acids is 1. The van der Waals surface area contributed by atoms with E-state index in [2.05, 4.69) is 10.3 Å². The normalized spacial score (nSPS) is 24.0. The zero-order valence-corrected chi connectivity index (χ0v) is 15.5. The monoisotopic (exact) mass is 389 g/mol. The molecule has 1 aliphatic carbocycles. The summed E-state index contributed by atoms with van der Waals surface area (Å²) < 4.78 is 13.9. The molecule has 27 heavy (non-hydrogen) atoms. The first-order valence-electron chi connectivity index (χ1n) is 8.95. The van der Waals surface area contributed by atoms with Crippen molar-refractivity contribution in [3.63, 3.8) is 0 Å². The molecule has 2 aromatic rings. The number of thiazole rings is 1. The Balaban J connectivity index is 1.38. The van der Waals surface area contributed by atoms with E-state index < -0.39 is 11.4 Å². The van der Waals surface area contributed by atoms with Crippen LogP contribution in [0.25, 0.3) is 11.3 Å². The van der Waals surface area contributed by atoms with Crippen LogP contribution in [0.1, 0.15) is 24.3 Å². The highest BCUT2D eigenvalue weighted by Crippen LogP contribution is 2.48. The van der Waals surface area contributed by atoms with Crippen molar-refractivity contribution in [1.29, 1.82) is 0 Å². The Morgan fingerprint density at radius 1 is 1.41 bits per heavy atom. The molecule has 2 heterocycles. The Morgan fingerprint density at radius 2 is 2.22 bits per heavy atom. The third-order valence-corrected chi connectivity index (χ3v) is 6.53. The van der Waals surface area contributed by atoms with E-state index in [0.717, 1.165) is 12.8 Å². The van der Waals surface area contributed by atoms with Crippen molar-refractivity contribution in [1.82, 2.24) is 15.2 Å². The first-order valence-corrected chi connectivity index (χ1v) is 9.83. The lowest BCUT2D eigenvalue weighted by molar-refractivity contribution is -0.149. The standard InChI is InChI=1S/C19H20FN3O3S/c20-14-6-2-1-5-13(14)15-10-27-16(22-15)8-21-18(26)23-9-12-4-3-7-19(12,11-23)17(24)25/h1-2,5-6,10,12H,3-4,7-9,11H2,(H,21,26)(H,24,25)/t12-,19+/m0/s1. The predicted molar refractivity (Wildman–Crippen MR) is 98.7 cm³/mol. The van der Waals surface area contributed by atoms with Gasteiger partial charge >= 0.3 is 12.0 Å². The number of hydrogen-bond acceptors (Lipinski definition) is 4. The quantitative estimate of drug-likeness (QED) is 0.840. The van der Waals surface area contributed by atoms with Gasteiger partial charge in [0.2, 0.25) is 0 Å². The summed E-state index contributed by atoms with van der Waals surface area (Å²) in [4.78, 5) is 30.2. The van der Waals surface area contributed by atoms with Crippen LogP contribution in [0.15, 0.2) is 29.6 Å². The number of hydrogen-bond donors (Lipinski definition) is 2. The number of likely N-dealkylation sites (tertiary alicyclic amines) is 1.